The zero-order valence-electron chi connectivity index (χ0n) is 13.2. The van der Waals surface area contributed by atoms with Gasteiger partial charge in [-0.3, -0.25) is 0 Å². The fourth-order valence-corrected chi connectivity index (χ4v) is 1.94. The highest BCUT2D eigenvalue weighted by atomic mass is 19.4. The third-order valence-corrected chi connectivity index (χ3v) is 3.09. The fourth-order valence-electron chi connectivity index (χ4n) is 1.94. The van der Waals surface area contributed by atoms with E-state index in [0.717, 1.165) is 5.56 Å². The second kappa shape index (κ2) is 7.76. The summed E-state index contributed by atoms with van der Waals surface area (Å²) in [4.78, 5) is 3.83. The highest BCUT2D eigenvalue weighted by Gasteiger charge is 2.28. The van der Waals surface area contributed by atoms with E-state index in [1.54, 1.807) is 32.4 Å². The smallest absolute Gasteiger partial charge is 0.422 e. The summed E-state index contributed by atoms with van der Waals surface area (Å²) < 4.78 is 51.2. The Bertz CT molecular complexity index is 661. The van der Waals surface area contributed by atoms with Crippen molar-refractivity contribution in [2.45, 2.75) is 12.7 Å². The van der Waals surface area contributed by atoms with E-state index in [2.05, 4.69) is 15.0 Å². The predicted octanol–water partition coefficient (Wildman–Crippen LogP) is 3.65. The number of rotatable bonds is 7. The van der Waals surface area contributed by atoms with Gasteiger partial charge in [-0.05, 0) is 24.3 Å². The zero-order chi connectivity index (χ0) is 17.6. The predicted molar refractivity (Wildman–Crippen MR) is 82.7 cm³/mol. The third-order valence-electron chi connectivity index (χ3n) is 3.09. The van der Waals surface area contributed by atoms with Gasteiger partial charge >= 0.3 is 6.18 Å². The summed E-state index contributed by atoms with van der Waals surface area (Å²) in [6.45, 7) is -0.932. The molecule has 130 valence electrons. The van der Waals surface area contributed by atoms with Crippen molar-refractivity contribution >= 4 is 5.69 Å². The lowest BCUT2D eigenvalue weighted by molar-refractivity contribution is -0.154. The van der Waals surface area contributed by atoms with E-state index in [9.17, 15) is 13.2 Å². The van der Waals surface area contributed by atoms with Crippen molar-refractivity contribution in [3.63, 3.8) is 0 Å². The van der Waals surface area contributed by atoms with Crippen LogP contribution < -0.4 is 19.5 Å². The van der Waals surface area contributed by atoms with Crippen molar-refractivity contribution in [2.75, 3.05) is 26.1 Å². The number of alkyl halides is 3. The van der Waals surface area contributed by atoms with Gasteiger partial charge < -0.3 is 19.5 Å². The molecule has 2 aromatic rings. The first-order valence-corrected chi connectivity index (χ1v) is 7.01. The van der Waals surface area contributed by atoms with Crippen molar-refractivity contribution in [2.24, 2.45) is 0 Å². The quantitative estimate of drug-likeness (QED) is 0.832. The molecule has 0 aliphatic heterocycles. The van der Waals surface area contributed by atoms with Crippen molar-refractivity contribution < 1.29 is 27.4 Å². The van der Waals surface area contributed by atoms with Crippen molar-refractivity contribution in [3.8, 4) is 17.4 Å². The monoisotopic (exact) mass is 342 g/mol. The molecule has 0 aliphatic rings. The third kappa shape index (κ3) is 5.22. The maximum Gasteiger partial charge on any atom is 0.422 e. The van der Waals surface area contributed by atoms with Gasteiger partial charge in [-0.1, -0.05) is 0 Å². The van der Waals surface area contributed by atoms with Gasteiger partial charge in [-0.15, -0.1) is 0 Å². The van der Waals surface area contributed by atoms with Crippen LogP contribution in [0.25, 0.3) is 0 Å². The van der Waals surface area contributed by atoms with Gasteiger partial charge in [0.15, 0.2) is 6.61 Å². The number of halogens is 3. The highest BCUT2D eigenvalue weighted by molar-refractivity contribution is 5.46. The average molecular weight is 342 g/mol. The number of methoxy groups -OCH3 is 2. The van der Waals surface area contributed by atoms with Gasteiger partial charge in [0.25, 0.3) is 0 Å². The second-order valence-corrected chi connectivity index (χ2v) is 4.82. The van der Waals surface area contributed by atoms with E-state index < -0.39 is 12.8 Å². The molecule has 0 amide bonds. The molecule has 24 heavy (non-hydrogen) atoms. The second-order valence-electron chi connectivity index (χ2n) is 4.82. The molecule has 0 saturated carbocycles. The summed E-state index contributed by atoms with van der Waals surface area (Å²) in [6, 6.07) is 8.38. The normalized spacial score (nSPS) is 11.0. The molecule has 0 aliphatic carbocycles. The van der Waals surface area contributed by atoms with Crippen molar-refractivity contribution in [1.82, 2.24) is 4.98 Å². The van der Waals surface area contributed by atoms with Crippen LogP contribution in [0, 0.1) is 0 Å². The van der Waals surface area contributed by atoms with Crippen LogP contribution >= 0.6 is 0 Å². The molecular formula is C16H17F3N2O3. The summed E-state index contributed by atoms with van der Waals surface area (Å²) in [5, 5.41) is 3.11. The first-order valence-electron chi connectivity index (χ1n) is 7.01. The Morgan fingerprint density at radius 1 is 1.08 bits per heavy atom. The van der Waals surface area contributed by atoms with Crippen molar-refractivity contribution in [1.29, 1.82) is 0 Å². The average Bonchev–Trinajstić information content (AvgIpc) is 2.58. The Balaban J connectivity index is 1.97. The molecule has 1 heterocycles. The number of hydrogen-bond donors (Lipinski definition) is 1. The van der Waals surface area contributed by atoms with Gasteiger partial charge in [-0.25, -0.2) is 4.98 Å². The van der Waals surface area contributed by atoms with E-state index >= 15 is 0 Å². The molecule has 0 spiro atoms. The lowest BCUT2D eigenvalue weighted by Gasteiger charge is -2.12. The lowest BCUT2D eigenvalue weighted by atomic mass is 10.2. The van der Waals surface area contributed by atoms with Crippen LogP contribution in [0.2, 0.25) is 0 Å². The number of nitrogens with zero attached hydrogens (tertiary/aromatic N) is 1. The molecule has 0 unspecified atom stereocenters. The van der Waals surface area contributed by atoms with E-state index in [-0.39, 0.29) is 5.88 Å². The Kier molecular flexibility index (Phi) is 5.73. The maximum atomic E-state index is 12.1. The number of anilines is 1. The number of ether oxygens (including phenoxy) is 3. The number of aromatic nitrogens is 1. The molecule has 5 nitrogen and oxygen atoms in total. The minimum absolute atomic E-state index is 0.0863. The summed E-state index contributed by atoms with van der Waals surface area (Å²) in [5.74, 6) is 1.31. The number of nitrogens with one attached hydrogen (secondary N) is 1. The number of benzene rings is 1. The molecule has 0 fully saturated rings. The number of hydrogen-bond acceptors (Lipinski definition) is 5. The fraction of sp³-hybridized carbons (Fsp3) is 0.312. The summed E-state index contributed by atoms with van der Waals surface area (Å²) >= 11 is 0. The van der Waals surface area contributed by atoms with Crippen LogP contribution in [0.1, 0.15) is 5.56 Å². The zero-order valence-corrected chi connectivity index (χ0v) is 13.2. The molecule has 2 rings (SSSR count). The Morgan fingerprint density at radius 3 is 2.46 bits per heavy atom. The van der Waals surface area contributed by atoms with Gasteiger partial charge in [0.2, 0.25) is 5.88 Å². The van der Waals surface area contributed by atoms with Crippen LogP contribution in [0.5, 0.6) is 17.4 Å². The molecule has 0 saturated heterocycles. The molecule has 0 atom stereocenters. The maximum absolute atomic E-state index is 12.1. The summed E-state index contributed by atoms with van der Waals surface area (Å²) in [7, 11) is 3.14. The highest BCUT2D eigenvalue weighted by Crippen LogP contribution is 2.25. The summed E-state index contributed by atoms with van der Waals surface area (Å²) in [6.07, 6.45) is -2.99. The van der Waals surface area contributed by atoms with E-state index in [4.69, 9.17) is 9.47 Å². The molecule has 0 radical (unpaired) electrons. The van der Waals surface area contributed by atoms with Gasteiger partial charge in [-0.2, -0.15) is 13.2 Å². The van der Waals surface area contributed by atoms with Crippen LogP contribution in [0.3, 0.4) is 0 Å². The first-order chi connectivity index (χ1) is 11.4. The molecule has 1 aromatic carbocycles. The SMILES string of the molecule is COc1ccc(OC)c(CNc2ccc(OCC(F)(F)F)nc2)c1. The van der Waals surface area contributed by atoms with Crippen LogP contribution in [-0.2, 0) is 6.54 Å². The van der Waals surface area contributed by atoms with Crippen molar-refractivity contribution in [3.05, 3.63) is 42.1 Å². The summed E-state index contributed by atoms with van der Waals surface area (Å²) in [5.41, 5.74) is 1.51. The van der Waals surface area contributed by atoms with Gasteiger partial charge in [0.1, 0.15) is 11.5 Å². The Labute approximate surface area is 137 Å². The van der Waals surface area contributed by atoms with Crippen LogP contribution in [0.15, 0.2) is 36.5 Å². The lowest BCUT2D eigenvalue weighted by Crippen LogP contribution is -2.19. The van der Waals surface area contributed by atoms with Gasteiger partial charge in [0, 0.05) is 18.2 Å². The van der Waals surface area contributed by atoms with Crippen LogP contribution in [-0.4, -0.2) is 32.0 Å². The van der Waals surface area contributed by atoms with Gasteiger partial charge in [0.05, 0.1) is 26.1 Å². The van der Waals surface area contributed by atoms with E-state index in [0.29, 0.717) is 23.7 Å². The topological polar surface area (TPSA) is 52.6 Å². The van der Waals surface area contributed by atoms with E-state index in [1.807, 2.05) is 6.07 Å². The Hall–Kier alpha value is -2.64. The largest absolute Gasteiger partial charge is 0.497 e. The molecular weight excluding hydrogens is 325 g/mol. The molecule has 1 N–H and O–H groups in total. The molecule has 0 bridgehead atoms. The standard InChI is InChI=1S/C16H17F3N2O3/c1-22-13-4-5-14(23-2)11(7-13)8-20-12-3-6-15(21-9-12)24-10-16(17,18)19/h3-7,9,20H,8,10H2,1-2H3. The van der Waals surface area contributed by atoms with E-state index in [1.165, 1.54) is 12.3 Å². The minimum atomic E-state index is -4.39. The Morgan fingerprint density at radius 2 is 1.88 bits per heavy atom. The van der Waals surface area contributed by atoms with Crippen LogP contribution in [0.4, 0.5) is 18.9 Å². The minimum Gasteiger partial charge on any atom is -0.497 e. The molecule has 1 aromatic heterocycles. The number of pyridine rings is 1. The first kappa shape index (κ1) is 17.7. The molecule has 8 heteroatoms.